The van der Waals surface area contributed by atoms with Crippen LogP contribution in [0.2, 0.25) is 0 Å². The number of nitro groups is 1. The van der Waals surface area contributed by atoms with E-state index in [9.17, 15) is 14.9 Å². The van der Waals surface area contributed by atoms with E-state index >= 15 is 0 Å². The molecule has 0 amide bonds. The van der Waals surface area contributed by atoms with E-state index in [1.807, 2.05) is 31.2 Å². The van der Waals surface area contributed by atoms with E-state index in [0.717, 1.165) is 11.1 Å². The van der Waals surface area contributed by atoms with Gasteiger partial charge in [-0.2, -0.15) is 0 Å². The number of hydrogen-bond acceptors (Lipinski definition) is 3. The molecule has 0 unspecified atom stereocenters. The van der Waals surface area contributed by atoms with Crippen molar-refractivity contribution in [3.05, 3.63) is 74.8 Å². The Morgan fingerprint density at radius 2 is 1.70 bits per heavy atom. The van der Waals surface area contributed by atoms with E-state index in [1.54, 1.807) is 19.1 Å². The molecule has 0 aliphatic carbocycles. The molecule has 0 fully saturated rings. The summed E-state index contributed by atoms with van der Waals surface area (Å²) in [6.45, 7) is 3.65. The number of aryl methyl sites for hydroxylation is 2. The molecule has 0 aliphatic heterocycles. The maximum atomic E-state index is 12.4. The number of Topliss-reactive ketones (excluding diaryl/α,β-unsaturated/α-hetero) is 1. The summed E-state index contributed by atoms with van der Waals surface area (Å²) in [7, 11) is 0. The lowest BCUT2D eigenvalue weighted by atomic mass is 9.96. The second kappa shape index (κ2) is 5.65. The molecular formula is C16H15NO3. The van der Waals surface area contributed by atoms with E-state index in [2.05, 4.69) is 0 Å². The summed E-state index contributed by atoms with van der Waals surface area (Å²) in [6.07, 6.45) is 0.179. The van der Waals surface area contributed by atoms with Crippen LogP contribution in [0.3, 0.4) is 0 Å². The van der Waals surface area contributed by atoms with Gasteiger partial charge in [0, 0.05) is 12.5 Å². The molecule has 0 aromatic heterocycles. The van der Waals surface area contributed by atoms with Crippen LogP contribution in [0.4, 0.5) is 5.69 Å². The highest BCUT2D eigenvalue weighted by atomic mass is 16.6. The number of nitrogens with zero attached hydrogens (tertiary/aromatic N) is 1. The molecule has 0 bridgehead atoms. The number of benzene rings is 2. The number of hydrogen-bond donors (Lipinski definition) is 0. The van der Waals surface area contributed by atoms with Gasteiger partial charge in [-0.25, -0.2) is 0 Å². The third-order valence-electron chi connectivity index (χ3n) is 3.34. The molecule has 0 atom stereocenters. The zero-order valence-corrected chi connectivity index (χ0v) is 11.4. The monoisotopic (exact) mass is 269 g/mol. The molecule has 0 aliphatic rings. The van der Waals surface area contributed by atoms with Gasteiger partial charge in [0.1, 0.15) is 0 Å². The summed E-state index contributed by atoms with van der Waals surface area (Å²) in [5, 5.41) is 11.1. The predicted molar refractivity (Wildman–Crippen MR) is 77.0 cm³/mol. The molecule has 0 radical (unpaired) electrons. The molecule has 0 heterocycles. The first-order valence-electron chi connectivity index (χ1n) is 6.32. The lowest BCUT2D eigenvalue weighted by Gasteiger charge is -2.07. The highest BCUT2D eigenvalue weighted by molar-refractivity contribution is 6.02. The van der Waals surface area contributed by atoms with Crippen molar-refractivity contribution in [1.29, 1.82) is 0 Å². The normalized spacial score (nSPS) is 10.3. The summed E-state index contributed by atoms with van der Waals surface area (Å²) in [5.41, 5.74) is 2.63. The van der Waals surface area contributed by atoms with Crippen LogP contribution in [0, 0.1) is 24.0 Å². The smallest absolute Gasteiger partial charge is 0.280 e. The van der Waals surface area contributed by atoms with Gasteiger partial charge in [0.15, 0.2) is 5.78 Å². The van der Waals surface area contributed by atoms with Crippen LogP contribution in [0.25, 0.3) is 0 Å². The zero-order chi connectivity index (χ0) is 14.7. The van der Waals surface area contributed by atoms with Gasteiger partial charge >= 0.3 is 0 Å². The van der Waals surface area contributed by atoms with Crippen LogP contribution in [0.15, 0.2) is 42.5 Å². The first-order valence-corrected chi connectivity index (χ1v) is 6.32. The predicted octanol–water partition coefficient (Wildman–Crippen LogP) is 3.64. The Kier molecular flexibility index (Phi) is 3.94. The third kappa shape index (κ3) is 2.74. The van der Waals surface area contributed by atoms with Crippen LogP contribution < -0.4 is 0 Å². The molecule has 0 spiro atoms. The van der Waals surface area contributed by atoms with E-state index in [0.29, 0.717) is 5.56 Å². The number of ketones is 1. The Hall–Kier alpha value is -2.49. The summed E-state index contributed by atoms with van der Waals surface area (Å²) >= 11 is 0. The molecule has 102 valence electrons. The number of carbonyl (C=O) groups excluding carboxylic acids is 1. The average molecular weight is 269 g/mol. The zero-order valence-electron chi connectivity index (χ0n) is 11.4. The third-order valence-corrected chi connectivity index (χ3v) is 3.34. The van der Waals surface area contributed by atoms with Gasteiger partial charge in [-0.3, -0.25) is 14.9 Å². The van der Waals surface area contributed by atoms with Crippen molar-refractivity contribution < 1.29 is 9.72 Å². The minimum absolute atomic E-state index is 0.122. The quantitative estimate of drug-likeness (QED) is 0.483. The summed E-state index contributed by atoms with van der Waals surface area (Å²) in [4.78, 5) is 23.0. The van der Waals surface area contributed by atoms with Crippen LogP contribution in [0.1, 0.15) is 27.0 Å². The fraction of sp³-hybridized carbons (Fsp3) is 0.188. The first-order chi connectivity index (χ1) is 9.50. The lowest BCUT2D eigenvalue weighted by molar-refractivity contribution is -0.385. The molecule has 0 saturated carbocycles. The van der Waals surface area contributed by atoms with Crippen molar-refractivity contribution in [2.75, 3.05) is 0 Å². The molecule has 2 aromatic carbocycles. The van der Waals surface area contributed by atoms with Crippen molar-refractivity contribution in [3.63, 3.8) is 0 Å². The molecule has 4 heteroatoms. The van der Waals surface area contributed by atoms with Gasteiger partial charge in [-0.15, -0.1) is 0 Å². The lowest BCUT2D eigenvalue weighted by Crippen LogP contribution is -2.10. The van der Waals surface area contributed by atoms with Gasteiger partial charge in [-0.05, 0) is 30.5 Å². The second-order valence-electron chi connectivity index (χ2n) is 4.75. The molecule has 4 nitrogen and oxygen atoms in total. The molecule has 2 aromatic rings. The topological polar surface area (TPSA) is 60.2 Å². The summed E-state index contributed by atoms with van der Waals surface area (Å²) in [6, 6.07) is 12.3. The maximum absolute atomic E-state index is 12.4. The highest BCUT2D eigenvalue weighted by Gasteiger charge is 2.22. The Morgan fingerprint density at radius 3 is 2.35 bits per heavy atom. The fourth-order valence-electron chi connectivity index (χ4n) is 2.24. The maximum Gasteiger partial charge on any atom is 0.280 e. The van der Waals surface area contributed by atoms with Gasteiger partial charge in [0.2, 0.25) is 0 Å². The molecule has 0 N–H and O–H groups in total. The van der Waals surface area contributed by atoms with Crippen molar-refractivity contribution in [2.45, 2.75) is 20.3 Å². The molecule has 20 heavy (non-hydrogen) atoms. The number of rotatable bonds is 4. The standard InChI is InChI=1S/C16H15NO3/c1-11-6-3-4-8-13(11)10-15(18)16-12(2)7-5-9-14(16)17(19)20/h3-9H,10H2,1-2H3. The van der Waals surface area contributed by atoms with Crippen LogP contribution >= 0.6 is 0 Å². The van der Waals surface area contributed by atoms with Gasteiger partial charge in [0.05, 0.1) is 10.5 Å². The van der Waals surface area contributed by atoms with E-state index in [-0.39, 0.29) is 23.5 Å². The molecular weight excluding hydrogens is 254 g/mol. The first kappa shape index (κ1) is 13.9. The highest BCUT2D eigenvalue weighted by Crippen LogP contribution is 2.24. The Morgan fingerprint density at radius 1 is 1.05 bits per heavy atom. The van der Waals surface area contributed by atoms with Crippen molar-refractivity contribution in [2.24, 2.45) is 0 Å². The van der Waals surface area contributed by atoms with Crippen LogP contribution in [0.5, 0.6) is 0 Å². The van der Waals surface area contributed by atoms with E-state index in [4.69, 9.17) is 0 Å². The van der Waals surface area contributed by atoms with Crippen molar-refractivity contribution in [3.8, 4) is 0 Å². The minimum atomic E-state index is -0.502. The molecule has 0 saturated heterocycles. The Balaban J connectivity index is 2.40. The van der Waals surface area contributed by atoms with E-state index in [1.165, 1.54) is 6.07 Å². The van der Waals surface area contributed by atoms with Gasteiger partial charge in [0.25, 0.3) is 5.69 Å². The van der Waals surface area contributed by atoms with E-state index < -0.39 is 4.92 Å². The van der Waals surface area contributed by atoms with Crippen LogP contribution in [-0.4, -0.2) is 10.7 Å². The second-order valence-corrected chi connectivity index (χ2v) is 4.75. The fourth-order valence-corrected chi connectivity index (χ4v) is 2.24. The Bertz CT molecular complexity index is 677. The van der Waals surface area contributed by atoms with Gasteiger partial charge in [-0.1, -0.05) is 36.4 Å². The average Bonchev–Trinajstić information content (AvgIpc) is 2.40. The number of nitro benzene ring substituents is 1. The minimum Gasteiger partial charge on any atom is -0.294 e. The molecule has 2 rings (SSSR count). The SMILES string of the molecule is Cc1ccccc1CC(=O)c1c(C)cccc1[N+](=O)[O-]. The van der Waals surface area contributed by atoms with Crippen molar-refractivity contribution in [1.82, 2.24) is 0 Å². The van der Waals surface area contributed by atoms with Crippen molar-refractivity contribution >= 4 is 11.5 Å². The number of carbonyl (C=O) groups is 1. The summed E-state index contributed by atoms with van der Waals surface area (Å²) < 4.78 is 0. The Labute approximate surface area is 117 Å². The summed E-state index contributed by atoms with van der Waals surface area (Å²) in [5.74, 6) is -0.218. The van der Waals surface area contributed by atoms with Gasteiger partial charge < -0.3 is 0 Å². The van der Waals surface area contributed by atoms with Crippen LogP contribution in [-0.2, 0) is 6.42 Å². The largest absolute Gasteiger partial charge is 0.294 e.